The number of carboxylic acid groups (broad SMARTS) is 1. The van der Waals surface area contributed by atoms with Gasteiger partial charge in [0.2, 0.25) is 0 Å². The molecule has 3 atom stereocenters. The largest absolute Gasteiger partial charge is 0.480 e. The summed E-state index contributed by atoms with van der Waals surface area (Å²) in [5.74, 6) is -2.39. The van der Waals surface area contributed by atoms with E-state index in [4.69, 9.17) is 24.8 Å². The Bertz CT molecular complexity index is 1040. The molecule has 4 N–H and O–H groups in total. The summed E-state index contributed by atoms with van der Waals surface area (Å²) < 4.78 is 32.7. The van der Waals surface area contributed by atoms with Crippen LogP contribution in [0, 0.1) is 0 Å². The summed E-state index contributed by atoms with van der Waals surface area (Å²) in [6.45, 7) is 2.78. The van der Waals surface area contributed by atoms with Crippen molar-refractivity contribution in [3.8, 4) is 0 Å². The van der Waals surface area contributed by atoms with Crippen molar-refractivity contribution < 1.29 is 47.5 Å². The molecule has 0 aromatic carbocycles. The maximum Gasteiger partial charge on any atom is 0.472 e. The molecule has 0 rings (SSSR count). The van der Waals surface area contributed by atoms with Crippen LogP contribution in [0.15, 0.2) is 24.3 Å². The summed E-state index contributed by atoms with van der Waals surface area (Å²) >= 11 is 0. The number of nitrogens with two attached hydrogens (primary N) is 1. The Morgan fingerprint density at radius 1 is 0.545 bits per heavy atom. The molecule has 0 saturated carbocycles. The van der Waals surface area contributed by atoms with E-state index in [-0.39, 0.29) is 19.4 Å². The monoisotopic (exact) mass is 802 g/mol. The number of aliphatic carboxylic acids is 1. The average Bonchev–Trinajstić information content (AvgIpc) is 3.16. The summed E-state index contributed by atoms with van der Waals surface area (Å²) in [6.07, 6.45) is 39.5. The highest BCUT2D eigenvalue weighted by Gasteiger charge is 2.28. The average molecular weight is 802 g/mol. The third-order valence-corrected chi connectivity index (χ3v) is 10.4. The molecule has 0 radical (unpaired) electrons. The van der Waals surface area contributed by atoms with E-state index in [0.29, 0.717) is 12.8 Å². The third-order valence-electron chi connectivity index (χ3n) is 9.42. The lowest BCUT2D eigenvalue weighted by Crippen LogP contribution is -2.34. The van der Waals surface area contributed by atoms with Gasteiger partial charge in [0, 0.05) is 12.8 Å². The molecule has 12 heteroatoms. The number of rotatable bonds is 41. The minimum Gasteiger partial charge on any atom is -0.480 e. The molecule has 0 aromatic heterocycles. The molecule has 0 saturated heterocycles. The lowest BCUT2D eigenvalue weighted by Gasteiger charge is -2.20. The summed E-state index contributed by atoms with van der Waals surface area (Å²) in [5, 5.41) is 8.88. The summed E-state index contributed by atoms with van der Waals surface area (Å²) in [4.78, 5) is 45.9. The molecular weight excluding hydrogens is 721 g/mol. The zero-order chi connectivity index (χ0) is 40.7. The van der Waals surface area contributed by atoms with E-state index in [1.165, 1.54) is 96.3 Å². The van der Waals surface area contributed by atoms with Crippen LogP contribution in [0.2, 0.25) is 0 Å². The molecule has 0 amide bonds. The normalized spacial score (nSPS) is 14.0. The molecule has 322 valence electrons. The van der Waals surface area contributed by atoms with Gasteiger partial charge in [-0.25, -0.2) is 4.57 Å². The van der Waals surface area contributed by atoms with Crippen LogP contribution in [0.5, 0.6) is 0 Å². The number of allylic oxidation sites excluding steroid dienone is 4. The first-order chi connectivity index (χ1) is 26.6. The number of unbranched alkanes of at least 4 members (excludes halogenated alkanes) is 23. The van der Waals surface area contributed by atoms with Crippen molar-refractivity contribution in [3.63, 3.8) is 0 Å². The van der Waals surface area contributed by atoms with Crippen LogP contribution in [-0.4, -0.2) is 59.9 Å². The molecule has 0 aliphatic carbocycles. The van der Waals surface area contributed by atoms with Crippen molar-refractivity contribution in [1.29, 1.82) is 0 Å². The van der Waals surface area contributed by atoms with Gasteiger partial charge in [-0.1, -0.05) is 147 Å². The zero-order valence-corrected chi connectivity index (χ0v) is 35.7. The van der Waals surface area contributed by atoms with Gasteiger partial charge in [0.1, 0.15) is 12.6 Å². The number of esters is 2. The number of carboxylic acids is 1. The molecule has 0 heterocycles. The van der Waals surface area contributed by atoms with Crippen molar-refractivity contribution in [1.82, 2.24) is 0 Å². The first-order valence-corrected chi connectivity index (χ1v) is 23.4. The molecule has 55 heavy (non-hydrogen) atoms. The lowest BCUT2D eigenvalue weighted by atomic mass is 10.1. The highest BCUT2D eigenvalue weighted by Crippen LogP contribution is 2.43. The fraction of sp³-hybridized carbons (Fsp3) is 0.837. The third kappa shape index (κ3) is 38.6. The van der Waals surface area contributed by atoms with E-state index in [2.05, 4.69) is 42.7 Å². The molecule has 1 unspecified atom stereocenters. The number of hydrogen-bond acceptors (Lipinski definition) is 9. The van der Waals surface area contributed by atoms with Crippen molar-refractivity contribution >= 4 is 25.7 Å². The van der Waals surface area contributed by atoms with Crippen LogP contribution in [0.1, 0.15) is 200 Å². The van der Waals surface area contributed by atoms with Crippen molar-refractivity contribution in [3.05, 3.63) is 24.3 Å². The molecule has 0 aliphatic heterocycles. The van der Waals surface area contributed by atoms with Crippen LogP contribution >= 0.6 is 7.82 Å². The minimum absolute atomic E-state index is 0.152. The Labute approximate surface area is 334 Å². The topological polar surface area (TPSA) is 172 Å². The van der Waals surface area contributed by atoms with Crippen molar-refractivity contribution in [2.45, 2.75) is 212 Å². The van der Waals surface area contributed by atoms with Gasteiger partial charge in [-0.3, -0.25) is 23.4 Å². The van der Waals surface area contributed by atoms with Crippen LogP contribution in [-0.2, 0) is 37.5 Å². The molecule has 0 bridgehead atoms. The predicted molar refractivity (Wildman–Crippen MR) is 222 cm³/mol. The zero-order valence-electron chi connectivity index (χ0n) is 34.8. The van der Waals surface area contributed by atoms with Crippen LogP contribution < -0.4 is 5.73 Å². The molecule has 0 aromatic rings. The van der Waals surface area contributed by atoms with Gasteiger partial charge in [-0.2, -0.15) is 0 Å². The van der Waals surface area contributed by atoms with Crippen molar-refractivity contribution in [2.24, 2.45) is 5.73 Å². The molecule has 11 nitrogen and oxygen atoms in total. The van der Waals surface area contributed by atoms with E-state index in [1.807, 2.05) is 0 Å². The Balaban J connectivity index is 4.36. The predicted octanol–water partition coefficient (Wildman–Crippen LogP) is 11.5. The van der Waals surface area contributed by atoms with Gasteiger partial charge < -0.3 is 25.2 Å². The number of ether oxygens (including phenoxy) is 2. The summed E-state index contributed by atoms with van der Waals surface area (Å²) in [7, 11) is -4.71. The van der Waals surface area contributed by atoms with Gasteiger partial charge >= 0.3 is 25.7 Å². The first-order valence-electron chi connectivity index (χ1n) is 21.9. The van der Waals surface area contributed by atoms with E-state index in [0.717, 1.165) is 64.2 Å². The van der Waals surface area contributed by atoms with Crippen LogP contribution in [0.4, 0.5) is 0 Å². The first kappa shape index (κ1) is 53.0. The number of carbonyl (C=O) groups is 3. The second-order valence-electron chi connectivity index (χ2n) is 14.8. The van der Waals surface area contributed by atoms with Gasteiger partial charge in [0.25, 0.3) is 0 Å². The maximum atomic E-state index is 12.6. The van der Waals surface area contributed by atoms with E-state index in [1.54, 1.807) is 0 Å². The second kappa shape index (κ2) is 38.8. The van der Waals surface area contributed by atoms with E-state index in [9.17, 15) is 23.8 Å². The Hall–Kier alpha value is -2.04. The van der Waals surface area contributed by atoms with E-state index < -0.39 is 51.1 Å². The van der Waals surface area contributed by atoms with E-state index >= 15 is 0 Å². The van der Waals surface area contributed by atoms with Gasteiger partial charge in [0.05, 0.1) is 13.2 Å². The maximum absolute atomic E-state index is 12.6. The summed E-state index contributed by atoms with van der Waals surface area (Å²) in [6, 6.07) is -1.52. The molecule has 0 spiro atoms. The van der Waals surface area contributed by atoms with Crippen LogP contribution in [0.3, 0.4) is 0 Å². The highest BCUT2D eigenvalue weighted by molar-refractivity contribution is 7.47. The Morgan fingerprint density at radius 2 is 0.909 bits per heavy atom. The quantitative estimate of drug-likeness (QED) is 0.0232. The fourth-order valence-electron chi connectivity index (χ4n) is 5.94. The smallest absolute Gasteiger partial charge is 0.472 e. The number of phosphoric acid groups is 1. The van der Waals surface area contributed by atoms with Gasteiger partial charge in [-0.05, 0) is 64.2 Å². The van der Waals surface area contributed by atoms with Crippen LogP contribution in [0.25, 0.3) is 0 Å². The number of phosphoric ester groups is 1. The highest BCUT2D eigenvalue weighted by atomic mass is 31.2. The minimum atomic E-state index is -4.71. The molecule has 0 aliphatic rings. The Kier molecular flexibility index (Phi) is 37.4. The molecule has 0 fully saturated rings. The number of carbonyl (C=O) groups excluding carboxylic acids is 2. The summed E-state index contributed by atoms with van der Waals surface area (Å²) in [5.41, 5.74) is 5.33. The fourth-order valence-corrected chi connectivity index (χ4v) is 6.71. The lowest BCUT2D eigenvalue weighted by molar-refractivity contribution is -0.161. The Morgan fingerprint density at radius 3 is 1.33 bits per heavy atom. The van der Waals surface area contributed by atoms with Crippen molar-refractivity contribution in [2.75, 3.05) is 19.8 Å². The standard InChI is InChI=1S/C43H80NO10P/c1-3-5-7-9-11-13-15-17-19-20-21-23-24-26-28-30-32-34-41(45)51-36-39(37-52-55(49,50)53-38-40(44)43(47)48)54-42(46)35-33-31-29-27-25-22-18-16-14-12-10-8-6-4-2/h16-19,39-40H,3-15,20-38,44H2,1-2H3,(H,47,48)(H,49,50)/b18-16+,19-17+/t39-,40+/m1/s1. The number of hydrogen-bond donors (Lipinski definition) is 3. The van der Waals surface area contributed by atoms with Gasteiger partial charge in [0.15, 0.2) is 6.10 Å². The van der Waals surface area contributed by atoms with Gasteiger partial charge in [-0.15, -0.1) is 0 Å². The molecular formula is C43H80NO10P. The second-order valence-corrected chi connectivity index (χ2v) is 16.3. The SMILES string of the molecule is CCCCCCC/C=C/CCCCCCCC(=O)O[C@H](COC(=O)CCCCCCCCC/C=C/CCCCCCCC)COP(=O)(O)OC[C@H](N)C(=O)O.